The smallest absolute Gasteiger partial charge is 0.165 e. The summed E-state index contributed by atoms with van der Waals surface area (Å²) in [5.41, 5.74) is 1.93. The maximum absolute atomic E-state index is 11.8. The number of ketones is 1. The Balaban J connectivity index is 2.10. The van der Waals surface area contributed by atoms with Crippen LogP contribution in [0, 0.1) is 5.92 Å². The van der Waals surface area contributed by atoms with Gasteiger partial charge >= 0.3 is 0 Å². The van der Waals surface area contributed by atoms with Crippen LogP contribution in [-0.2, 0) is 6.54 Å². The van der Waals surface area contributed by atoms with Gasteiger partial charge in [0.25, 0.3) is 0 Å². The highest BCUT2D eigenvalue weighted by Gasteiger charge is 2.09. The maximum atomic E-state index is 11.8. The molecule has 17 heavy (non-hydrogen) atoms. The Labute approximate surface area is 101 Å². The molecule has 0 saturated carbocycles. The summed E-state index contributed by atoms with van der Waals surface area (Å²) in [6.07, 6.45) is 3.68. The first-order valence-electron chi connectivity index (χ1n) is 5.77. The number of rotatable bonds is 4. The van der Waals surface area contributed by atoms with Crippen LogP contribution in [0.5, 0.6) is 0 Å². The molecule has 0 amide bonds. The summed E-state index contributed by atoms with van der Waals surface area (Å²) in [4.78, 5) is 11.8. The zero-order valence-electron chi connectivity index (χ0n) is 10.1. The van der Waals surface area contributed by atoms with Gasteiger partial charge in [-0.3, -0.25) is 9.48 Å². The summed E-state index contributed by atoms with van der Waals surface area (Å²) in [5, 5.41) is 4.15. The van der Waals surface area contributed by atoms with E-state index >= 15 is 0 Å². The summed E-state index contributed by atoms with van der Waals surface area (Å²) in [6.45, 7) is 4.57. The zero-order chi connectivity index (χ0) is 12.3. The number of nitrogens with zero attached hydrogens (tertiary/aromatic N) is 2. The van der Waals surface area contributed by atoms with E-state index in [0.29, 0.717) is 0 Å². The molecule has 3 heteroatoms. The third kappa shape index (κ3) is 2.81. The molecule has 0 saturated heterocycles. The highest BCUT2D eigenvalue weighted by atomic mass is 16.1. The van der Waals surface area contributed by atoms with Crippen molar-refractivity contribution in [2.24, 2.45) is 5.92 Å². The molecular formula is C14H16N2O. The van der Waals surface area contributed by atoms with Crippen molar-refractivity contribution in [3.05, 3.63) is 53.9 Å². The lowest BCUT2D eigenvalue weighted by atomic mass is 10.0. The number of aromatic nitrogens is 2. The third-order valence-corrected chi connectivity index (χ3v) is 2.67. The lowest BCUT2D eigenvalue weighted by Crippen LogP contribution is -2.07. The van der Waals surface area contributed by atoms with E-state index in [1.165, 1.54) is 0 Å². The van der Waals surface area contributed by atoms with E-state index in [1.807, 2.05) is 55.1 Å². The van der Waals surface area contributed by atoms with Crippen molar-refractivity contribution in [2.45, 2.75) is 20.4 Å². The number of hydrogen-bond acceptors (Lipinski definition) is 2. The fourth-order valence-corrected chi connectivity index (χ4v) is 1.69. The van der Waals surface area contributed by atoms with E-state index in [2.05, 4.69) is 5.10 Å². The normalized spacial score (nSPS) is 10.8. The summed E-state index contributed by atoms with van der Waals surface area (Å²) < 4.78 is 1.86. The van der Waals surface area contributed by atoms with Crippen molar-refractivity contribution < 1.29 is 4.79 Å². The van der Waals surface area contributed by atoms with Gasteiger partial charge in [0.1, 0.15) is 0 Å². The van der Waals surface area contributed by atoms with Crippen molar-refractivity contribution in [3.8, 4) is 0 Å². The van der Waals surface area contributed by atoms with Gasteiger partial charge in [0.15, 0.2) is 5.78 Å². The molecule has 0 unspecified atom stereocenters. The van der Waals surface area contributed by atoms with E-state index in [4.69, 9.17) is 0 Å². The minimum atomic E-state index is 0.0481. The molecule has 0 N–H and O–H groups in total. The fourth-order valence-electron chi connectivity index (χ4n) is 1.69. The van der Waals surface area contributed by atoms with Crippen molar-refractivity contribution in [2.75, 3.05) is 0 Å². The lowest BCUT2D eigenvalue weighted by Gasteiger charge is -2.06. The van der Waals surface area contributed by atoms with Crippen LogP contribution in [-0.4, -0.2) is 15.6 Å². The molecule has 88 valence electrons. The predicted molar refractivity (Wildman–Crippen MR) is 66.9 cm³/mol. The van der Waals surface area contributed by atoms with Gasteiger partial charge in [-0.15, -0.1) is 0 Å². The molecule has 1 aromatic heterocycles. The monoisotopic (exact) mass is 228 g/mol. The van der Waals surface area contributed by atoms with Gasteiger partial charge in [0, 0.05) is 23.9 Å². The van der Waals surface area contributed by atoms with E-state index in [1.54, 1.807) is 6.20 Å². The summed E-state index contributed by atoms with van der Waals surface area (Å²) >= 11 is 0. The Morgan fingerprint density at radius 2 is 2.00 bits per heavy atom. The highest BCUT2D eigenvalue weighted by molar-refractivity contribution is 5.97. The lowest BCUT2D eigenvalue weighted by molar-refractivity contribution is 0.0939. The minimum Gasteiger partial charge on any atom is -0.294 e. The Kier molecular flexibility index (Phi) is 3.38. The van der Waals surface area contributed by atoms with Crippen molar-refractivity contribution in [1.29, 1.82) is 0 Å². The largest absolute Gasteiger partial charge is 0.294 e. The van der Waals surface area contributed by atoms with Crippen molar-refractivity contribution in [1.82, 2.24) is 9.78 Å². The Morgan fingerprint density at radius 3 is 2.53 bits per heavy atom. The molecule has 0 atom stereocenters. The van der Waals surface area contributed by atoms with Crippen LogP contribution >= 0.6 is 0 Å². The molecule has 2 rings (SSSR count). The quantitative estimate of drug-likeness (QED) is 0.754. The van der Waals surface area contributed by atoms with Crippen LogP contribution in [0.15, 0.2) is 42.7 Å². The Hall–Kier alpha value is -1.90. The molecule has 3 nitrogen and oxygen atoms in total. The minimum absolute atomic E-state index is 0.0481. The number of carbonyl (C=O) groups is 1. The van der Waals surface area contributed by atoms with E-state index < -0.39 is 0 Å². The number of Topliss-reactive ketones (excluding diaryl/α,β-unsaturated/α-hetero) is 1. The van der Waals surface area contributed by atoms with Crippen LogP contribution < -0.4 is 0 Å². The third-order valence-electron chi connectivity index (χ3n) is 2.67. The molecule has 1 aromatic carbocycles. The molecule has 0 aliphatic rings. The molecule has 2 aromatic rings. The average Bonchev–Trinajstić information content (AvgIpc) is 2.82. The van der Waals surface area contributed by atoms with Gasteiger partial charge in [0.05, 0.1) is 6.54 Å². The molecule has 0 fully saturated rings. The van der Waals surface area contributed by atoms with Crippen LogP contribution in [0.2, 0.25) is 0 Å². The molecule has 0 aliphatic heterocycles. The number of carbonyl (C=O) groups excluding carboxylic acids is 1. The first-order chi connectivity index (χ1) is 8.16. The first kappa shape index (κ1) is 11.6. The molecule has 0 bridgehead atoms. The summed E-state index contributed by atoms with van der Waals surface area (Å²) in [6, 6.07) is 9.65. The standard InChI is InChI=1S/C14H16N2O/c1-11(2)14(17)13-6-4-12(5-7-13)10-16-9-3-8-15-16/h3-9,11H,10H2,1-2H3. The van der Waals surface area contributed by atoms with Crippen LogP contribution in [0.3, 0.4) is 0 Å². The Bertz CT molecular complexity index is 483. The van der Waals surface area contributed by atoms with Crippen LogP contribution in [0.1, 0.15) is 29.8 Å². The van der Waals surface area contributed by atoms with Crippen molar-refractivity contribution >= 4 is 5.78 Å². The first-order valence-corrected chi connectivity index (χ1v) is 5.77. The van der Waals surface area contributed by atoms with Gasteiger partial charge in [-0.2, -0.15) is 5.10 Å². The highest BCUT2D eigenvalue weighted by Crippen LogP contribution is 2.10. The second kappa shape index (κ2) is 4.95. The molecule has 0 radical (unpaired) electrons. The summed E-state index contributed by atoms with van der Waals surface area (Å²) in [7, 11) is 0. The second-order valence-corrected chi connectivity index (χ2v) is 4.42. The Morgan fingerprint density at radius 1 is 1.29 bits per heavy atom. The van der Waals surface area contributed by atoms with Crippen LogP contribution in [0.25, 0.3) is 0 Å². The van der Waals surface area contributed by atoms with Gasteiger partial charge in [-0.05, 0) is 11.6 Å². The van der Waals surface area contributed by atoms with Crippen LogP contribution in [0.4, 0.5) is 0 Å². The predicted octanol–water partition coefficient (Wildman–Crippen LogP) is 2.77. The van der Waals surface area contributed by atoms with E-state index in [-0.39, 0.29) is 11.7 Å². The van der Waals surface area contributed by atoms with Gasteiger partial charge in [0.2, 0.25) is 0 Å². The zero-order valence-corrected chi connectivity index (χ0v) is 10.1. The molecule has 1 heterocycles. The van der Waals surface area contributed by atoms with Gasteiger partial charge in [-0.25, -0.2) is 0 Å². The van der Waals surface area contributed by atoms with Gasteiger partial charge in [-0.1, -0.05) is 38.1 Å². The van der Waals surface area contributed by atoms with E-state index in [0.717, 1.165) is 17.7 Å². The maximum Gasteiger partial charge on any atom is 0.165 e. The number of benzene rings is 1. The second-order valence-electron chi connectivity index (χ2n) is 4.42. The van der Waals surface area contributed by atoms with E-state index in [9.17, 15) is 4.79 Å². The molecule has 0 aliphatic carbocycles. The molecular weight excluding hydrogens is 212 g/mol. The average molecular weight is 228 g/mol. The SMILES string of the molecule is CC(C)C(=O)c1ccc(Cn2cccn2)cc1. The fraction of sp³-hybridized carbons (Fsp3) is 0.286. The number of hydrogen-bond donors (Lipinski definition) is 0. The molecule has 0 spiro atoms. The topological polar surface area (TPSA) is 34.9 Å². The van der Waals surface area contributed by atoms with Gasteiger partial charge < -0.3 is 0 Å². The van der Waals surface area contributed by atoms with Crippen molar-refractivity contribution in [3.63, 3.8) is 0 Å². The summed E-state index contributed by atoms with van der Waals surface area (Å²) in [5.74, 6) is 0.239.